The molecule has 2 aromatic rings. The van der Waals surface area contributed by atoms with Gasteiger partial charge in [-0.3, -0.25) is 4.79 Å². The summed E-state index contributed by atoms with van der Waals surface area (Å²) in [6.07, 6.45) is 5.32. The molecule has 0 radical (unpaired) electrons. The van der Waals surface area contributed by atoms with Crippen molar-refractivity contribution in [1.29, 1.82) is 0 Å². The lowest BCUT2D eigenvalue weighted by Crippen LogP contribution is -2.31. The predicted molar refractivity (Wildman–Crippen MR) is 96.8 cm³/mol. The van der Waals surface area contributed by atoms with Crippen molar-refractivity contribution in [3.8, 4) is 0 Å². The minimum Gasteiger partial charge on any atom is -0.391 e. The number of aromatic nitrogens is 2. The second-order valence-corrected chi connectivity index (χ2v) is 7.25. The maximum absolute atomic E-state index is 12.5. The van der Waals surface area contributed by atoms with E-state index in [0.717, 1.165) is 34.7 Å². The number of carbonyl (C=O) groups excluding carboxylic acids is 1. The molecular weight excluding hydrogens is 324 g/mol. The number of nitrogens with zero attached hydrogens (tertiary/aromatic N) is 3. The second kappa shape index (κ2) is 7.44. The van der Waals surface area contributed by atoms with Gasteiger partial charge in [0.05, 0.1) is 16.4 Å². The lowest BCUT2D eigenvalue weighted by atomic mass is 10.1. The Labute approximate surface area is 145 Å². The van der Waals surface area contributed by atoms with Crippen molar-refractivity contribution in [2.24, 2.45) is 0 Å². The average Bonchev–Trinajstić information content (AvgIpc) is 2.97. The van der Waals surface area contributed by atoms with Crippen LogP contribution in [0, 0.1) is 6.92 Å². The van der Waals surface area contributed by atoms with Gasteiger partial charge in [0, 0.05) is 19.6 Å². The van der Waals surface area contributed by atoms with E-state index in [1.165, 1.54) is 30.6 Å². The Morgan fingerprint density at radius 1 is 1.38 bits per heavy atom. The molecular formula is C17H24N4O2S. The first-order valence-corrected chi connectivity index (χ1v) is 9.38. The standard InChI is InChI=1S/C17H24N4O2S/c1-3-12(22)9-18-16(23)14-11(2)13-15(19-10-20-17(13)24-14)21-7-5-4-6-8-21/h10,12,22H,3-9H2,1-2H3,(H,18,23). The zero-order valence-corrected chi connectivity index (χ0v) is 15.0. The van der Waals surface area contributed by atoms with Gasteiger partial charge in [0.1, 0.15) is 17.0 Å². The van der Waals surface area contributed by atoms with Crippen LogP contribution in [0.2, 0.25) is 0 Å². The molecule has 1 unspecified atom stereocenters. The molecule has 6 nitrogen and oxygen atoms in total. The van der Waals surface area contributed by atoms with E-state index in [-0.39, 0.29) is 12.5 Å². The Kier molecular flexibility index (Phi) is 5.30. The zero-order chi connectivity index (χ0) is 17.1. The Morgan fingerprint density at radius 2 is 2.12 bits per heavy atom. The van der Waals surface area contributed by atoms with Crippen molar-refractivity contribution >= 4 is 33.3 Å². The van der Waals surface area contributed by atoms with E-state index in [0.29, 0.717) is 11.3 Å². The molecule has 0 aromatic carbocycles. The number of thiophene rings is 1. The van der Waals surface area contributed by atoms with E-state index >= 15 is 0 Å². The van der Waals surface area contributed by atoms with E-state index < -0.39 is 6.10 Å². The number of hydrogen-bond acceptors (Lipinski definition) is 6. The third-order valence-corrected chi connectivity index (χ3v) is 5.74. The monoisotopic (exact) mass is 348 g/mol. The van der Waals surface area contributed by atoms with Gasteiger partial charge in [0.15, 0.2) is 0 Å². The molecule has 0 saturated carbocycles. The zero-order valence-electron chi connectivity index (χ0n) is 14.2. The summed E-state index contributed by atoms with van der Waals surface area (Å²) >= 11 is 1.40. The van der Waals surface area contributed by atoms with Crippen LogP contribution < -0.4 is 10.2 Å². The van der Waals surface area contributed by atoms with Crippen molar-refractivity contribution in [2.45, 2.75) is 45.6 Å². The van der Waals surface area contributed by atoms with Crippen molar-refractivity contribution < 1.29 is 9.90 Å². The molecule has 7 heteroatoms. The first-order valence-electron chi connectivity index (χ1n) is 8.57. The molecule has 2 N–H and O–H groups in total. The maximum atomic E-state index is 12.5. The second-order valence-electron chi connectivity index (χ2n) is 6.25. The van der Waals surface area contributed by atoms with E-state index in [9.17, 15) is 9.90 Å². The summed E-state index contributed by atoms with van der Waals surface area (Å²) in [5.74, 6) is 0.800. The largest absolute Gasteiger partial charge is 0.391 e. The SMILES string of the molecule is CCC(O)CNC(=O)c1sc2ncnc(N3CCCCC3)c2c1C. The predicted octanol–water partition coefficient (Wildman–Crippen LogP) is 2.49. The summed E-state index contributed by atoms with van der Waals surface area (Å²) < 4.78 is 0. The number of amides is 1. The molecule has 1 atom stereocenters. The minimum absolute atomic E-state index is 0.146. The van der Waals surface area contributed by atoms with Crippen molar-refractivity contribution in [1.82, 2.24) is 15.3 Å². The summed E-state index contributed by atoms with van der Waals surface area (Å²) in [5.41, 5.74) is 0.930. The fraction of sp³-hybridized carbons (Fsp3) is 0.588. The molecule has 1 saturated heterocycles. The van der Waals surface area contributed by atoms with E-state index in [4.69, 9.17) is 0 Å². The van der Waals surface area contributed by atoms with Gasteiger partial charge in [0.25, 0.3) is 5.91 Å². The minimum atomic E-state index is -0.507. The Hall–Kier alpha value is -1.73. The number of rotatable bonds is 5. The van der Waals surface area contributed by atoms with Crippen LogP contribution in [0.1, 0.15) is 47.8 Å². The number of carbonyl (C=O) groups is 1. The first kappa shape index (κ1) is 17.1. The van der Waals surface area contributed by atoms with E-state index in [2.05, 4.69) is 20.2 Å². The van der Waals surface area contributed by atoms with Crippen LogP contribution in [-0.2, 0) is 0 Å². The molecule has 3 heterocycles. The van der Waals surface area contributed by atoms with Crippen LogP contribution in [0.25, 0.3) is 10.2 Å². The molecule has 130 valence electrons. The van der Waals surface area contributed by atoms with Crippen LogP contribution in [0.3, 0.4) is 0 Å². The molecule has 0 aliphatic carbocycles. The number of piperidine rings is 1. The third kappa shape index (κ3) is 3.37. The number of aryl methyl sites for hydroxylation is 1. The summed E-state index contributed by atoms with van der Waals surface area (Å²) in [6.45, 7) is 6.13. The number of hydrogen-bond donors (Lipinski definition) is 2. The van der Waals surface area contributed by atoms with E-state index in [1.807, 2.05) is 13.8 Å². The van der Waals surface area contributed by atoms with Crippen molar-refractivity contribution in [3.05, 3.63) is 16.8 Å². The van der Waals surface area contributed by atoms with Gasteiger partial charge in [-0.25, -0.2) is 9.97 Å². The molecule has 24 heavy (non-hydrogen) atoms. The topological polar surface area (TPSA) is 78.3 Å². The highest BCUT2D eigenvalue weighted by molar-refractivity contribution is 7.20. The molecule has 1 amide bonds. The summed E-state index contributed by atoms with van der Waals surface area (Å²) in [5, 5.41) is 13.4. The number of aliphatic hydroxyl groups excluding tert-OH is 1. The normalized spacial score (nSPS) is 16.4. The van der Waals surface area contributed by atoms with E-state index in [1.54, 1.807) is 6.33 Å². The maximum Gasteiger partial charge on any atom is 0.261 e. The fourth-order valence-corrected chi connectivity index (χ4v) is 4.11. The number of nitrogens with one attached hydrogen (secondary N) is 1. The summed E-state index contributed by atoms with van der Waals surface area (Å²) in [6, 6.07) is 0. The lowest BCUT2D eigenvalue weighted by Gasteiger charge is -2.28. The summed E-state index contributed by atoms with van der Waals surface area (Å²) in [7, 11) is 0. The lowest BCUT2D eigenvalue weighted by molar-refractivity contribution is 0.0917. The van der Waals surface area contributed by atoms with Crippen LogP contribution in [-0.4, -0.2) is 46.7 Å². The van der Waals surface area contributed by atoms with Gasteiger partial charge in [0.2, 0.25) is 0 Å². The van der Waals surface area contributed by atoms with Gasteiger partial charge in [-0.15, -0.1) is 11.3 Å². The third-order valence-electron chi connectivity index (χ3n) is 4.54. The molecule has 1 fully saturated rings. The highest BCUT2D eigenvalue weighted by atomic mass is 32.1. The summed E-state index contributed by atoms with van der Waals surface area (Å²) in [4.78, 5) is 25.1. The first-order chi connectivity index (χ1) is 11.6. The molecule has 3 rings (SSSR count). The quantitative estimate of drug-likeness (QED) is 0.868. The van der Waals surface area contributed by atoms with Crippen LogP contribution in [0.15, 0.2) is 6.33 Å². The van der Waals surface area contributed by atoms with Gasteiger partial charge in [-0.05, 0) is 38.2 Å². The van der Waals surface area contributed by atoms with Gasteiger partial charge >= 0.3 is 0 Å². The van der Waals surface area contributed by atoms with Crippen molar-refractivity contribution in [3.63, 3.8) is 0 Å². The average molecular weight is 348 g/mol. The molecule has 1 aliphatic rings. The Bertz CT molecular complexity index is 725. The van der Waals surface area contributed by atoms with Gasteiger partial charge in [-0.2, -0.15) is 0 Å². The van der Waals surface area contributed by atoms with Crippen LogP contribution in [0.4, 0.5) is 5.82 Å². The smallest absolute Gasteiger partial charge is 0.261 e. The molecule has 0 bridgehead atoms. The molecule has 0 spiro atoms. The van der Waals surface area contributed by atoms with Crippen LogP contribution in [0.5, 0.6) is 0 Å². The molecule has 1 aliphatic heterocycles. The highest BCUT2D eigenvalue weighted by Gasteiger charge is 2.22. The number of fused-ring (bicyclic) bond motifs is 1. The fourth-order valence-electron chi connectivity index (χ4n) is 3.05. The number of anilines is 1. The van der Waals surface area contributed by atoms with Gasteiger partial charge < -0.3 is 15.3 Å². The van der Waals surface area contributed by atoms with Crippen LogP contribution >= 0.6 is 11.3 Å². The Morgan fingerprint density at radius 3 is 2.83 bits per heavy atom. The van der Waals surface area contributed by atoms with Crippen molar-refractivity contribution in [2.75, 3.05) is 24.5 Å². The molecule has 2 aromatic heterocycles. The Balaban J connectivity index is 1.91. The number of aliphatic hydroxyl groups is 1. The van der Waals surface area contributed by atoms with Gasteiger partial charge in [-0.1, -0.05) is 6.92 Å². The highest BCUT2D eigenvalue weighted by Crippen LogP contribution is 2.35.